The third-order valence-corrected chi connectivity index (χ3v) is 4.50. The average molecular weight is 328 g/mol. The highest BCUT2D eigenvalue weighted by molar-refractivity contribution is 9.10. The molecule has 0 amide bonds. The number of hydrogen-bond donors (Lipinski definition) is 1. The van der Waals surface area contributed by atoms with E-state index in [1.165, 1.54) is 6.07 Å². The van der Waals surface area contributed by atoms with Gasteiger partial charge in [-0.25, -0.2) is 4.39 Å². The molecule has 0 saturated heterocycles. The van der Waals surface area contributed by atoms with Crippen molar-refractivity contribution in [3.05, 3.63) is 55.9 Å². The third-order valence-electron chi connectivity index (χ3n) is 2.74. The average Bonchev–Trinajstić information content (AvgIpc) is 2.76. The van der Waals surface area contributed by atoms with Gasteiger partial charge in [-0.05, 0) is 41.5 Å². The third kappa shape index (κ3) is 2.99. The first-order chi connectivity index (χ1) is 8.61. The summed E-state index contributed by atoms with van der Waals surface area (Å²) >= 11 is 5.08. The van der Waals surface area contributed by atoms with Crippen molar-refractivity contribution in [2.75, 3.05) is 6.54 Å². The summed E-state index contributed by atoms with van der Waals surface area (Å²) in [5.74, 6) is -0.156. The Balaban J connectivity index is 2.44. The minimum atomic E-state index is -0.156. The number of thiophene rings is 1. The Kier molecular flexibility index (Phi) is 4.54. The van der Waals surface area contributed by atoms with Gasteiger partial charge < -0.3 is 5.32 Å². The highest BCUT2D eigenvalue weighted by Crippen LogP contribution is 2.31. The van der Waals surface area contributed by atoms with Gasteiger partial charge in [0.25, 0.3) is 0 Å². The molecule has 18 heavy (non-hydrogen) atoms. The summed E-state index contributed by atoms with van der Waals surface area (Å²) in [6, 6.07) is 7.21. The van der Waals surface area contributed by atoms with Gasteiger partial charge in [0, 0.05) is 20.3 Å². The normalized spacial score (nSPS) is 12.7. The zero-order valence-electron chi connectivity index (χ0n) is 10.3. The molecule has 1 N–H and O–H groups in total. The van der Waals surface area contributed by atoms with Crippen molar-refractivity contribution in [3.8, 4) is 0 Å². The molecule has 96 valence electrons. The van der Waals surface area contributed by atoms with Gasteiger partial charge in [0.2, 0.25) is 0 Å². The molecule has 1 aromatic heterocycles. The molecule has 1 heterocycles. The molecule has 0 bridgehead atoms. The molecule has 0 saturated carbocycles. The quantitative estimate of drug-likeness (QED) is 0.861. The number of halogens is 2. The second kappa shape index (κ2) is 5.95. The lowest BCUT2D eigenvalue weighted by Gasteiger charge is -2.18. The Morgan fingerprint density at radius 3 is 2.78 bits per heavy atom. The van der Waals surface area contributed by atoms with Gasteiger partial charge in [-0.3, -0.25) is 0 Å². The summed E-state index contributed by atoms with van der Waals surface area (Å²) in [4.78, 5) is 1.12. The highest BCUT2D eigenvalue weighted by Gasteiger charge is 2.18. The molecule has 2 aromatic rings. The Morgan fingerprint density at radius 2 is 2.17 bits per heavy atom. The van der Waals surface area contributed by atoms with Crippen molar-refractivity contribution in [3.63, 3.8) is 0 Å². The lowest BCUT2D eigenvalue weighted by atomic mass is 10.0. The van der Waals surface area contributed by atoms with Crippen LogP contribution in [0, 0.1) is 12.7 Å². The van der Waals surface area contributed by atoms with E-state index in [2.05, 4.69) is 21.2 Å². The Morgan fingerprint density at radius 1 is 1.39 bits per heavy atom. The first-order valence-corrected chi connectivity index (χ1v) is 7.52. The van der Waals surface area contributed by atoms with Crippen molar-refractivity contribution in [1.82, 2.24) is 5.32 Å². The fraction of sp³-hybridized carbons (Fsp3) is 0.286. The second-order valence-corrected chi connectivity index (χ2v) is 6.04. The first-order valence-electron chi connectivity index (χ1n) is 5.85. The van der Waals surface area contributed by atoms with E-state index in [4.69, 9.17) is 0 Å². The Bertz CT molecular complexity index is 538. The molecular formula is C14H15BrFNS. The maximum atomic E-state index is 14.0. The van der Waals surface area contributed by atoms with E-state index in [1.54, 1.807) is 17.4 Å². The van der Waals surface area contributed by atoms with Crippen LogP contribution in [0.5, 0.6) is 0 Å². The van der Waals surface area contributed by atoms with Gasteiger partial charge in [0.15, 0.2) is 0 Å². The van der Waals surface area contributed by atoms with Crippen molar-refractivity contribution < 1.29 is 4.39 Å². The second-order valence-electron chi connectivity index (χ2n) is 4.18. The van der Waals surface area contributed by atoms with Gasteiger partial charge >= 0.3 is 0 Å². The monoisotopic (exact) mass is 327 g/mol. The molecule has 1 atom stereocenters. The molecule has 0 aliphatic rings. The van der Waals surface area contributed by atoms with Crippen molar-refractivity contribution in [1.29, 1.82) is 0 Å². The molecule has 1 nitrogen and oxygen atoms in total. The van der Waals surface area contributed by atoms with Crippen LogP contribution < -0.4 is 5.32 Å². The smallest absolute Gasteiger partial charge is 0.128 e. The molecule has 2 rings (SSSR count). The first kappa shape index (κ1) is 13.7. The van der Waals surface area contributed by atoms with Crippen LogP contribution in [0.25, 0.3) is 0 Å². The maximum absolute atomic E-state index is 14.0. The molecule has 1 unspecified atom stereocenters. The largest absolute Gasteiger partial charge is 0.306 e. The number of nitrogens with one attached hydrogen (secondary N) is 1. The van der Waals surface area contributed by atoms with E-state index < -0.39 is 0 Å². The lowest BCUT2D eigenvalue weighted by molar-refractivity contribution is 0.562. The Labute approximate surface area is 119 Å². The molecule has 4 heteroatoms. The standard InChI is InChI=1S/C14H15BrFNS/c1-3-17-14(13-7-10(15)8-18-13)11-6-9(2)4-5-12(11)16/h4-8,14,17H,3H2,1-2H3. The van der Waals surface area contributed by atoms with Crippen LogP contribution in [0.3, 0.4) is 0 Å². The van der Waals surface area contributed by atoms with Gasteiger partial charge in [0.05, 0.1) is 6.04 Å². The SMILES string of the molecule is CCNC(c1cc(Br)cs1)c1cc(C)ccc1F. The molecular weight excluding hydrogens is 313 g/mol. The van der Waals surface area contributed by atoms with Crippen molar-refractivity contribution in [2.45, 2.75) is 19.9 Å². The van der Waals surface area contributed by atoms with E-state index in [-0.39, 0.29) is 11.9 Å². The topological polar surface area (TPSA) is 12.0 Å². The molecule has 1 aromatic carbocycles. The van der Waals surface area contributed by atoms with Gasteiger partial charge in [-0.1, -0.05) is 24.6 Å². The lowest BCUT2D eigenvalue weighted by Crippen LogP contribution is -2.22. The summed E-state index contributed by atoms with van der Waals surface area (Å²) < 4.78 is 15.0. The van der Waals surface area contributed by atoms with E-state index in [9.17, 15) is 4.39 Å². The van der Waals surface area contributed by atoms with E-state index in [0.717, 1.165) is 21.5 Å². The number of rotatable bonds is 4. The van der Waals surface area contributed by atoms with Crippen LogP contribution in [0.1, 0.15) is 29.0 Å². The maximum Gasteiger partial charge on any atom is 0.128 e. The molecule has 0 aliphatic carbocycles. The molecule has 0 radical (unpaired) electrons. The van der Waals surface area contributed by atoms with Crippen LogP contribution in [0.15, 0.2) is 34.1 Å². The zero-order valence-corrected chi connectivity index (χ0v) is 12.7. The zero-order chi connectivity index (χ0) is 13.1. The number of hydrogen-bond acceptors (Lipinski definition) is 2. The highest BCUT2D eigenvalue weighted by atomic mass is 79.9. The number of aryl methyl sites for hydroxylation is 1. The van der Waals surface area contributed by atoms with Crippen LogP contribution in [-0.4, -0.2) is 6.54 Å². The minimum absolute atomic E-state index is 0.0776. The fourth-order valence-electron chi connectivity index (χ4n) is 1.93. The molecule has 0 fully saturated rings. The predicted octanol–water partition coefficient (Wildman–Crippen LogP) is 4.66. The van der Waals surface area contributed by atoms with Crippen molar-refractivity contribution in [2.24, 2.45) is 0 Å². The van der Waals surface area contributed by atoms with Gasteiger partial charge in [-0.2, -0.15) is 0 Å². The fourth-order valence-corrected chi connectivity index (χ4v) is 3.47. The van der Waals surface area contributed by atoms with Crippen LogP contribution >= 0.6 is 27.3 Å². The summed E-state index contributed by atoms with van der Waals surface area (Å²) in [5.41, 5.74) is 1.79. The van der Waals surface area contributed by atoms with Gasteiger partial charge in [-0.15, -0.1) is 11.3 Å². The summed E-state index contributed by atoms with van der Waals surface area (Å²) in [7, 11) is 0. The van der Waals surface area contributed by atoms with Gasteiger partial charge in [0.1, 0.15) is 5.82 Å². The minimum Gasteiger partial charge on any atom is -0.306 e. The van der Waals surface area contributed by atoms with Crippen molar-refractivity contribution >= 4 is 27.3 Å². The predicted molar refractivity (Wildman–Crippen MR) is 78.7 cm³/mol. The summed E-state index contributed by atoms with van der Waals surface area (Å²) in [5, 5.41) is 5.37. The molecule has 0 aliphatic heterocycles. The van der Waals surface area contributed by atoms with Crippen LogP contribution in [0.2, 0.25) is 0 Å². The van der Waals surface area contributed by atoms with E-state index >= 15 is 0 Å². The Hall–Kier alpha value is -0.710. The van der Waals surface area contributed by atoms with Crippen LogP contribution in [-0.2, 0) is 0 Å². The summed E-state index contributed by atoms with van der Waals surface area (Å²) in [6.45, 7) is 4.81. The van der Waals surface area contributed by atoms with E-state index in [0.29, 0.717) is 5.56 Å². The number of benzene rings is 1. The molecule has 0 spiro atoms. The van der Waals surface area contributed by atoms with E-state index in [1.807, 2.05) is 31.4 Å². The summed E-state index contributed by atoms with van der Waals surface area (Å²) in [6.07, 6.45) is 0. The van der Waals surface area contributed by atoms with Crippen LogP contribution in [0.4, 0.5) is 4.39 Å².